The summed E-state index contributed by atoms with van der Waals surface area (Å²) in [6.07, 6.45) is 5.05. The number of nitrogens with one attached hydrogen (secondary N) is 1. The Labute approximate surface area is 160 Å². The summed E-state index contributed by atoms with van der Waals surface area (Å²) in [5, 5.41) is 8.41. The van der Waals surface area contributed by atoms with E-state index in [0.717, 1.165) is 68.8 Å². The highest BCUT2D eigenvalue weighted by Gasteiger charge is 2.28. The predicted molar refractivity (Wildman–Crippen MR) is 104 cm³/mol. The maximum Gasteiger partial charge on any atom is 0.252 e. The van der Waals surface area contributed by atoms with E-state index in [2.05, 4.69) is 29.2 Å². The van der Waals surface area contributed by atoms with E-state index in [1.165, 1.54) is 0 Å². The van der Waals surface area contributed by atoms with Crippen molar-refractivity contribution in [2.24, 2.45) is 0 Å². The van der Waals surface area contributed by atoms with E-state index in [-0.39, 0.29) is 11.9 Å². The molecule has 7 nitrogen and oxygen atoms in total. The summed E-state index contributed by atoms with van der Waals surface area (Å²) >= 11 is 0. The fourth-order valence-corrected chi connectivity index (χ4v) is 3.62. The second-order valence-corrected chi connectivity index (χ2v) is 7.85. The normalized spacial score (nSPS) is 18.3. The van der Waals surface area contributed by atoms with Crippen LogP contribution in [0, 0.1) is 0 Å². The van der Waals surface area contributed by atoms with Gasteiger partial charge in [-0.3, -0.25) is 9.69 Å². The molecule has 0 bridgehead atoms. The lowest BCUT2D eigenvalue weighted by molar-refractivity contribution is 0.0374. The van der Waals surface area contributed by atoms with Crippen LogP contribution in [0.4, 0.5) is 0 Å². The van der Waals surface area contributed by atoms with Gasteiger partial charge in [0, 0.05) is 37.3 Å². The molecule has 0 spiro atoms. The third kappa shape index (κ3) is 4.14. The zero-order chi connectivity index (χ0) is 18.8. The number of pyridine rings is 1. The summed E-state index contributed by atoms with van der Waals surface area (Å²) in [7, 11) is 0. The molecule has 0 unspecified atom stereocenters. The minimum atomic E-state index is -0.0189. The Hall–Kier alpha value is -1.99. The summed E-state index contributed by atoms with van der Waals surface area (Å²) in [6.45, 7) is 9.43. The number of ether oxygens (including phenoxy) is 1. The van der Waals surface area contributed by atoms with Crippen LogP contribution in [0.25, 0.3) is 11.0 Å². The molecule has 27 heavy (non-hydrogen) atoms. The molecule has 146 valence electrons. The molecule has 3 heterocycles. The molecule has 0 aromatic carbocycles. The summed E-state index contributed by atoms with van der Waals surface area (Å²) in [6, 6.07) is 2.19. The number of fused-ring (bicyclic) bond motifs is 1. The van der Waals surface area contributed by atoms with Crippen molar-refractivity contribution in [1.82, 2.24) is 25.0 Å². The smallest absolute Gasteiger partial charge is 0.252 e. The maximum absolute atomic E-state index is 12.9. The number of nitrogens with zero attached hydrogens (tertiary/aromatic N) is 4. The highest BCUT2D eigenvalue weighted by Crippen LogP contribution is 2.40. The van der Waals surface area contributed by atoms with Gasteiger partial charge < -0.3 is 10.1 Å². The molecule has 1 aliphatic heterocycles. The van der Waals surface area contributed by atoms with E-state index in [1.54, 1.807) is 6.20 Å². The van der Waals surface area contributed by atoms with Crippen LogP contribution in [0.5, 0.6) is 0 Å². The summed E-state index contributed by atoms with van der Waals surface area (Å²) < 4.78 is 7.29. The van der Waals surface area contributed by atoms with Gasteiger partial charge in [0.25, 0.3) is 5.91 Å². The van der Waals surface area contributed by atoms with Crippen LogP contribution in [0.15, 0.2) is 12.3 Å². The molecule has 4 rings (SSSR count). The molecule has 1 amide bonds. The summed E-state index contributed by atoms with van der Waals surface area (Å²) in [5.41, 5.74) is 2.57. The summed E-state index contributed by atoms with van der Waals surface area (Å²) in [5.74, 6) is 0.479. The number of carbonyl (C=O) groups excluding carboxylic acids is 1. The van der Waals surface area contributed by atoms with Gasteiger partial charge in [-0.15, -0.1) is 0 Å². The molecule has 2 aromatic heterocycles. The van der Waals surface area contributed by atoms with Gasteiger partial charge >= 0.3 is 0 Å². The van der Waals surface area contributed by atoms with Crippen molar-refractivity contribution < 1.29 is 9.53 Å². The molecule has 0 radical (unpaired) electrons. The van der Waals surface area contributed by atoms with Gasteiger partial charge in [-0.1, -0.05) is 0 Å². The van der Waals surface area contributed by atoms with Crippen LogP contribution in [-0.4, -0.2) is 65.0 Å². The first-order valence-corrected chi connectivity index (χ1v) is 10.1. The first-order valence-electron chi connectivity index (χ1n) is 10.1. The third-order valence-electron chi connectivity index (χ3n) is 5.36. The van der Waals surface area contributed by atoms with Gasteiger partial charge in [-0.25, -0.2) is 9.67 Å². The third-order valence-corrected chi connectivity index (χ3v) is 5.36. The minimum absolute atomic E-state index is 0.0189. The second kappa shape index (κ2) is 7.94. The Balaban J connectivity index is 1.45. The van der Waals surface area contributed by atoms with Crippen LogP contribution >= 0.6 is 0 Å². The van der Waals surface area contributed by atoms with Gasteiger partial charge in [0.05, 0.1) is 30.4 Å². The van der Waals surface area contributed by atoms with Crippen LogP contribution in [-0.2, 0) is 4.74 Å². The van der Waals surface area contributed by atoms with Crippen molar-refractivity contribution in [3.05, 3.63) is 23.5 Å². The van der Waals surface area contributed by atoms with E-state index < -0.39 is 0 Å². The van der Waals surface area contributed by atoms with E-state index in [4.69, 9.17) is 9.72 Å². The van der Waals surface area contributed by atoms with Crippen molar-refractivity contribution in [1.29, 1.82) is 0 Å². The van der Waals surface area contributed by atoms with Crippen LogP contribution in [0.2, 0.25) is 0 Å². The average molecular weight is 371 g/mol. The fourth-order valence-electron chi connectivity index (χ4n) is 3.62. The van der Waals surface area contributed by atoms with Crippen LogP contribution in [0.1, 0.15) is 61.1 Å². The zero-order valence-corrected chi connectivity index (χ0v) is 16.3. The molecule has 1 aliphatic carbocycles. The zero-order valence-electron chi connectivity index (χ0n) is 16.3. The summed E-state index contributed by atoms with van der Waals surface area (Å²) in [4.78, 5) is 20.1. The van der Waals surface area contributed by atoms with Gasteiger partial charge in [0.2, 0.25) is 0 Å². The highest BCUT2D eigenvalue weighted by molar-refractivity contribution is 6.05. The second-order valence-electron chi connectivity index (χ2n) is 7.85. The SMILES string of the molecule is CC(C)n1ncc2c(C(=O)NCCCN3CCOCC3)cc(C3CC3)nc21. The predicted octanol–water partition coefficient (Wildman–Crippen LogP) is 2.34. The van der Waals surface area contributed by atoms with E-state index in [9.17, 15) is 4.79 Å². The number of aromatic nitrogens is 3. The number of rotatable bonds is 7. The first-order chi connectivity index (χ1) is 13.1. The lowest BCUT2D eigenvalue weighted by Gasteiger charge is -2.26. The van der Waals surface area contributed by atoms with Gasteiger partial charge in [0.1, 0.15) is 0 Å². The lowest BCUT2D eigenvalue weighted by atomic mass is 10.1. The van der Waals surface area contributed by atoms with Gasteiger partial charge in [0.15, 0.2) is 5.65 Å². The number of amides is 1. The number of hydrogen-bond donors (Lipinski definition) is 1. The Bertz CT molecular complexity index is 806. The largest absolute Gasteiger partial charge is 0.379 e. The Morgan fingerprint density at radius 1 is 1.33 bits per heavy atom. The van der Waals surface area contributed by atoms with E-state index in [0.29, 0.717) is 18.0 Å². The molecule has 1 saturated carbocycles. The molecule has 1 N–H and O–H groups in total. The quantitative estimate of drug-likeness (QED) is 0.757. The Morgan fingerprint density at radius 3 is 2.81 bits per heavy atom. The molecule has 2 fully saturated rings. The van der Waals surface area contributed by atoms with E-state index in [1.807, 2.05) is 10.7 Å². The Morgan fingerprint density at radius 2 is 2.11 bits per heavy atom. The number of hydrogen-bond acceptors (Lipinski definition) is 5. The minimum Gasteiger partial charge on any atom is -0.379 e. The number of carbonyl (C=O) groups is 1. The van der Waals surface area contributed by atoms with E-state index >= 15 is 0 Å². The van der Waals surface area contributed by atoms with Crippen molar-refractivity contribution >= 4 is 16.9 Å². The maximum atomic E-state index is 12.9. The first kappa shape index (κ1) is 18.4. The lowest BCUT2D eigenvalue weighted by Crippen LogP contribution is -2.38. The number of morpholine rings is 1. The van der Waals surface area contributed by atoms with Crippen molar-refractivity contribution in [3.63, 3.8) is 0 Å². The fraction of sp³-hybridized carbons (Fsp3) is 0.650. The molecular formula is C20H29N5O2. The molecule has 7 heteroatoms. The Kier molecular flexibility index (Phi) is 5.41. The molecule has 1 saturated heterocycles. The standard InChI is InChI=1S/C20H29N5O2/c1-14(2)25-19-17(13-22-25)16(12-18(23-19)15-4-5-15)20(26)21-6-3-7-24-8-10-27-11-9-24/h12-15H,3-11H2,1-2H3,(H,21,26). The average Bonchev–Trinajstić information content (AvgIpc) is 3.44. The molecule has 0 atom stereocenters. The van der Waals surface area contributed by atoms with Crippen LogP contribution < -0.4 is 5.32 Å². The molecule has 2 aromatic rings. The van der Waals surface area contributed by atoms with Crippen molar-refractivity contribution in [2.75, 3.05) is 39.4 Å². The molecule has 2 aliphatic rings. The van der Waals surface area contributed by atoms with Crippen molar-refractivity contribution in [2.45, 2.75) is 45.1 Å². The molecular weight excluding hydrogens is 342 g/mol. The topological polar surface area (TPSA) is 72.3 Å². The van der Waals surface area contributed by atoms with Crippen LogP contribution in [0.3, 0.4) is 0 Å². The highest BCUT2D eigenvalue weighted by atomic mass is 16.5. The monoisotopic (exact) mass is 371 g/mol. The van der Waals surface area contributed by atoms with Gasteiger partial charge in [-0.05, 0) is 45.7 Å². The van der Waals surface area contributed by atoms with Gasteiger partial charge in [-0.2, -0.15) is 5.10 Å². The van der Waals surface area contributed by atoms with Crippen molar-refractivity contribution in [3.8, 4) is 0 Å².